The zero-order valence-corrected chi connectivity index (χ0v) is 14.8. The second-order valence-electron chi connectivity index (χ2n) is 6.49. The molecule has 2 aromatic carbocycles. The number of hydrogen-bond donors (Lipinski definition) is 2. The van der Waals surface area contributed by atoms with E-state index in [4.69, 9.17) is 0 Å². The Morgan fingerprint density at radius 2 is 1.96 bits per heavy atom. The van der Waals surface area contributed by atoms with Crippen molar-refractivity contribution in [3.8, 4) is 5.75 Å². The van der Waals surface area contributed by atoms with Gasteiger partial charge in [0.2, 0.25) is 0 Å². The third-order valence-corrected chi connectivity index (χ3v) is 4.53. The zero-order valence-electron chi connectivity index (χ0n) is 14.8. The van der Waals surface area contributed by atoms with E-state index < -0.39 is 6.04 Å². The van der Waals surface area contributed by atoms with Crippen LogP contribution in [0.25, 0.3) is 10.9 Å². The summed E-state index contributed by atoms with van der Waals surface area (Å²) in [4.78, 5) is 7.44. The molecule has 5 heteroatoms. The first-order valence-corrected chi connectivity index (χ1v) is 8.69. The molecule has 0 aliphatic carbocycles. The van der Waals surface area contributed by atoms with Gasteiger partial charge in [-0.25, -0.2) is 9.37 Å². The van der Waals surface area contributed by atoms with Crippen LogP contribution < -0.4 is 10.3 Å². The first-order chi connectivity index (χ1) is 13.1. The number of halogens is 1. The monoisotopic (exact) mass is 360 g/mol. The molecule has 27 heavy (non-hydrogen) atoms. The number of aryl methyl sites for hydroxylation is 1. The van der Waals surface area contributed by atoms with Crippen molar-refractivity contribution in [3.63, 3.8) is 0 Å². The first-order valence-electron chi connectivity index (χ1n) is 8.69. The van der Waals surface area contributed by atoms with Crippen molar-refractivity contribution in [2.45, 2.75) is 13.0 Å². The Bertz CT molecular complexity index is 1110. The van der Waals surface area contributed by atoms with Crippen LogP contribution in [0.15, 0.2) is 73.1 Å². The molecule has 0 saturated carbocycles. The van der Waals surface area contributed by atoms with Crippen LogP contribution in [-0.4, -0.2) is 10.1 Å². The summed E-state index contributed by atoms with van der Waals surface area (Å²) in [6.07, 6.45) is 3.48. The minimum Gasteiger partial charge on any atom is -0.505 e. The molecule has 2 heterocycles. The number of rotatable bonds is 4. The molecule has 3 N–H and O–H groups in total. The van der Waals surface area contributed by atoms with Gasteiger partial charge < -0.3 is 5.11 Å². The molecule has 0 unspecified atom stereocenters. The fraction of sp³-hybridized carbons (Fsp3) is 0.0909. The average molecular weight is 360 g/mol. The van der Waals surface area contributed by atoms with E-state index in [0.717, 1.165) is 16.8 Å². The molecule has 134 valence electrons. The molecule has 0 bridgehead atoms. The molecule has 4 nitrogen and oxygen atoms in total. The van der Waals surface area contributed by atoms with Gasteiger partial charge in [-0.2, -0.15) is 0 Å². The molecule has 1 atom stereocenters. The number of anilines is 1. The van der Waals surface area contributed by atoms with E-state index in [0.29, 0.717) is 16.6 Å². The van der Waals surface area contributed by atoms with Crippen LogP contribution in [0.3, 0.4) is 0 Å². The predicted octanol–water partition coefficient (Wildman–Crippen LogP) is 4.40. The zero-order chi connectivity index (χ0) is 18.8. The topological polar surface area (TPSA) is 59.3 Å². The van der Waals surface area contributed by atoms with Crippen molar-refractivity contribution in [2.24, 2.45) is 0 Å². The summed E-state index contributed by atoms with van der Waals surface area (Å²) >= 11 is 0. The quantitative estimate of drug-likeness (QED) is 0.567. The third-order valence-electron chi connectivity index (χ3n) is 4.53. The number of H-pyrrole nitrogens is 1. The molecule has 0 aliphatic rings. The lowest BCUT2D eigenvalue weighted by molar-refractivity contribution is -0.361. The van der Waals surface area contributed by atoms with E-state index in [9.17, 15) is 9.50 Å². The minimum atomic E-state index is -0.454. The van der Waals surface area contributed by atoms with Crippen molar-refractivity contribution in [2.75, 3.05) is 5.32 Å². The molecule has 0 radical (unpaired) electrons. The lowest BCUT2D eigenvalue weighted by atomic mass is 9.96. The predicted molar refractivity (Wildman–Crippen MR) is 103 cm³/mol. The highest BCUT2D eigenvalue weighted by molar-refractivity contribution is 5.85. The van der Waals surface area contributed by atoms with Crippen molar-refractivity contribution in [1.82, 2.24) is 4.98 Å². The van der Waals surface area contributed by atoms with Gasteiger partial charge in [0.15, 0.2) is 0 Å². The van der Waals surface area contributed by atoms with E-state index >= 15 is 0 Å². The molecule has 4 aromatic rings. The summed E-state index contributed by atoms with van der Waals surface area (Å²) in [5.41, 5.74) is 2.93. The van der Waals surface area contributed by atoms with Gasteiger partial charge in [-0.15, -0.1) is 0 Å². The lowest BCUT2D eigenvalue weighted by Crippen LogP contribution is -2.19. The number of aromatic amines is 1. The number of pyridine rings is 2. The maximum Gasteiger partial charge on any atom is 0.273 e. The summed E-state index contributed by atoms with van der Waals surface area (Å²) in [6, 6.07) is 17.3. The minimum absolute atomic E-state index is 0.0857. The van der Waals surface area contributed by atoms with Crippen molar-refractivity contribution >= 4 is 16.7 Å². The van der Waals surface area contributed by atoms with Crippen molar-refractivity contribution in [1.29, 1.82) is 0 Å². The van der Waals surface area contributed by atoms with Crippen LogP contribution in [0, 0.1) is 12.7 Å². The number of phenols is 1. The summed E-state index contributed by atoms with van der Waals surface area (Å²) in [6.45, 7) is 1.99. The number of nitrogens with one attached hydrogen (secondary N) is 2. The van der Waals surface area contributed by atoms with Crippen LogP contribution in [0.5, 0.6) is 5.75 Å². The second-order valence-corrected chi connectivity index (χ2v) is 6.49. The number of aromatic nitrogens is 2. The van der Waals surface area contributed by atoms with Gasteiger partial charge in [-0.3, -0.25) is 10.3 Å². The molecule has 0 fully saturated rings. The van der Waals surface area contributed by atoms with Gasteiger partial charge in [0.1, 0.15) is 23.1 Å². The van der Waals surface area contributed by atoms with E-state index in [2.05, 4.69) is 15.3 Å². The van der Waals surface area contributed by atoms with Crippen LogP contribution in [0.2, 0.25) is 0 Å². The average Bonchev–Trinajstić information content (AvgIpc) is 2.67. The fourth-order valence-electron chi connectivity index (χ4n) is 3.22. The van der Waals surface area contributed by atoms with Crippen molar-refractivity contribution in [3.05, 3.63) is 95.6 Å². The number of fused-ring (bicyclic) bond motifs is 1. The molecule has 2 aromatic heterocycles. The highest BCUT2D eigenvalue weighted by atomic mass is 19.1. The van der Waals surface area contributed by atoms with Crippen LogP contribution in [0.4, 0.5) is 10.2 Å². The van der Waals surface area contributed by atoms with Gasteiger partial charge in [0, 0.05) is 28.8 Å². The Morgan fingerprint density at radius 3 is 2.78 bits per heavy atom. The van der Waals surface area contributed by atoms with Gasteiger partial charge >= 0.3 is 0 Å². The summed E-state index contributed by atoms with van der Waals surface area (Å²) in [5, 5.41) is 15.1. The highest BCUT2D eigenvalue weighted by Crippen LogP contribution is 2.36. The molecule has 4 rings (SSSR count). The summed E-state index contributed by atoms with van der Waals surface area (Å²) in [5.74, 6) is 0.526. The number of nitrogens with zero attached hydrogens (tertiary/aromatic N) is 1. The molecular formula is C22H19FN3O+. The fourth-order valence-corrected chi connectivity index (χ4v) is 3.22. The van der Waals surface area contributed by atoms with Crippen LogP contribution >= 0.6 is 0 Å². The Balaban J connectivity index is 1.86. The standard InChI is InChI=1S/C22H18FN3O/c1-14-9-11-24-19(12-14)26-20(16-4-2-6-17(23)13-16)18-8-7-15-5-3-10-25-21(15)22(18)27/h2-13,20,27H,1H3,(H,24,26)/p+1/t20-/m0/s1. The lowest BCUT2D eigenvalue weighted by Gasteiger charge is -2.18. The maximum absolute atomic E-state index is 13.9. The van der Waals surface area contributed by atoms with Gasteiger partial charge in [0.25, 0.3) is 5.82 Å². The van der Waals surface area contributed by atoms with E-state index in [1.165, 1.54) is 12.1 Å². The maximum atomic E-state index is 13.9. The summed E-state index contributed by atoms with van der Waals surface area (Å²) in [7, 11) is 0. The number of benzene rings is 2. The normalized spacial score (nSPS) is 12.1. The largest absolute Gasteiger partial charge is 0.505 e. The Morgan fingerprint density at radius 1 is 1.07 bits per heavy atom. The van der Waals surface area contributed by atoms with Gasteiger partial charge in [-0.1, -0.05) is 24.3 Å². The van der Waals surface area contributed by atoms with Gasteiger partial charge in [-0.05, 0) is 42.8 Å². The number of aromatic hydroxyl groups is 1. The molecule has 0 amide bonds. The van der Waals surface area contributed by atoms with E-state index in [1.807, 2.05) is 55.6 Å². The molecule has 0 aliphatic heterocycles. The van der Waals surface area contributed by atoms with Crippen LogP contribution in [0.1, 0.15) is 22.7 Å². The van der Waals surface area contributed by atoms with Crippen molar-refractivity contribution < 1.29 is 14.5 Å². The SMILES string of the molecule is Cc1cc[nH+]c(N[C@@H](c2cccc(F)c2)c2ccc3cccnc3c2O)c1. The first kappa shape index (κ1) is 17.0. The second kappa shape index (κ2) is 7.03. The number of phenolic OH excluding ortho intramolecular Hbond substituents is 1. The van der Waals surface area contributed by atoms with Gasteiger partial charge in [0.05, 0.1) is 6.20 Å². The molecule has 0 saturated heterocycles. The smallest absolute Gasteiger partial charge is 0.273 e. The summed E-state index contributed by atoms with van der Waals surface area (Å²) < 4.78 is 13.9. The Labute approximate surface area is 156 Å². The van der Waals surface area contributed by atoms with E-state index in [-0.39, 0.29) is 11.6 Å². The Hall–Kier alpha value is -3.47. The van der Waals surface area contributed by atoms with E-state index in [1.54, 1.807) is 12.3 Å². The highest BCUT2D eigenvalue weighted by Gasteiger charge is 2.24. The third kappa shape index (κ3) is 3.44. The Kier molecular flexibility index (Phi) is 4.42. The molecular weight excluding hydrogens is 341 g/mol. The van der Waals surface area contributed by atoms with Crippen LogP contribution in [-0.2, 0) is 0 Å². The number of hydrogen-bond acceptors (Lipinski definition) is 3. The molecule has 0 spiro atoms.